The van der Waals surface area contributed by atoms with Crippen LogP contribution in [0.2, 0.25) is 0 Å². The largest absolute Gasteiger partial charge is 0.494 e. The van der Waals surface area contributed by atoms with Crippen molar-refractivity contribution in [1.29, 1.82) is 0 Å². The maximum atomic E-state index is 6.02. The van der Waals surface area contributed by atoms with E-state index in [2.05, 4.69) is 4.90 Å². The van der Waals surface area contributed by atoms with Crippen molar-refractivity contribution >= 4 is 5.69 Å². The molecule has 0 saturated carbocycles. The normalized spacial score (nSPS) is 20.2. The van der Waals surface area contributed by atoms with Crippen molar-refractivity contribution in [3.8, 4) is 11.5 Å². The number of rotatable bonds is 3. The second-order valence-electron chi connectivity index (χ2n) is 4.36. The van der Waals surface area contributed by atoms with Crippen LogP contribution in [0.1, 0.15) is 12.8 Å². The summed E-state index contributed by atoms with van der Waals surface area (Å²) in [5.74, 6) is 1.69. The molecule has 0 bridgehead atoms. The molecule has 1 heterocycles. The number of methoxy groups -OCH3 is 2. The van der Waals surface area contributed by atoms with Crippen molar-refractivity contribution in [3.05, 3.63) is 18.2 Å². The zero-order chi connectivity index (χ0) is 12.3. The Kier molecular flexibility index (Phi) is 3.74. The number of benzene rings is 1. The van der Waals surface area contributed by atoms with Crippen LogP contribution < -0.4 is 20.1 Å². The topological polar surface area (TPSA) is 47.7 Å². The van der Waals surface area contributed by atoms with E-state index in [0.717, 1.165) is 43.1 Å². The van der Waals surface area contributed by atoms with E-state index in [0.29, 0.717) is 0 Å². The molecular weight excluding hydrogens is 216 g/mol. The molecule has 1 fully saturated rings. The summed E-state index contributed by atoms with van der Waals surface area (Å²) in [6.45, 7) is 1.86. The molecule has 0 spiro atoms. The van der Waals surface area contributed by atoms with Gasteiger partial charge in [0.2, 0.25) is 0 Å². The van der Waals surface area contributed by atoms with Crippen molar-refractivity contribution in [2.45, 2.75) is 18.9 Å². The molecule has 4 nitrogen and oxygen atoms in total. The van der Waals surface area contributed by atoms with E-state index in [-0.39, 0.29) is 6.04 Å². The first kappa shape index (κ1) is 12.0. The molecule has 0 radical (unpaired) electrons. The molecule has 4 heteroatoms. The van der Waals surface area contributed by atoms with Gasteiger partial charge in [-0.3, -0.25) is 0 Å². The Hall–Kier alpha value is -1.42. The summed E-state index contributed by atoms with van der Waals surface area (Å²) in [5, 5.41) is 0. The Morgan fingerprint density at radius 1 is 1.24 bits per heavy atom. The fraction of sp³-hybridized carbons (Fsp3) is 0.538. The Morgan fingerprint density at radius 3 is 2.41 bits per heavy atom. The molecule has 0 aromatic heterocycles. The van der Waals surface area contributed by atoms with Gasteiger partial charge in [-0.15, -0.1) is 0 Å². The van der Waals surface area contributed by atoms with Crippen LogP contribution in [-0.4, -0.2) is 33.4 Å². The summed E-state index contributed by atoms with van der Waals surface area (Å²) in [5.41, 5.74) is 7.04. The molecule has 0 amide bonds. The zero-order valence-electron chi connectivity index (χ0n) is 10.5. The van der Waals surface area contributed by atoms with Crippen LogP contribution in [0, 0.1) is 0 Å². The van der Waals surface area contributed by atoms with E-state index in [9.17, 15) is 0 Å². The van der Waals surface area contributed by atoms with E-state index in [1.807, 2.05) is 18.2 Å². The lowest BCUT2D eigenvalue weighted by molar-refractivity contribution is 0.389. The third kappa shape index (κ3) is 2.47. The second kappa shape index (κ2) is 5.27. The predicted molar refractivity (Wildman–Crippen MR) is 69.0 cm³/mol. The van der Waals surface area contributed by atoms with Crippen molar-refractivity contribution in [3.63, 3.8) is 0 Å². The molecule has 94 valence electrons. The Labute approximate surface area is 102 Å². The average molecular weight is 236 g/mol. The zero-order valence-corrected chi connectivity index (χ0v) is 10.5. The monoisotopic (exact) mass is 236 g/mol. The van der Waals surface area contributed by atoms with Crippen LogP contribution in [-0.2, 0) is 0 Å². The Balaban J connectivity index is 2.34. The standard InChI is InChI=1S/C13H20N2O2/c1-16-11-6-3-7-12(17-2)13(11)15-8-4-5-10(14)9-15/h3,6-7,10H,4-5,8-9,14H2,1-2H3. The lowest BCUT2D eigenvalue weighted by Gasteiger charge is -2.34. The van der Waals surface area contributed by atoms with Crippen molar-refractivity contribution in [2.75, 3.05) is 32.2 Å². The van der Waals surface area contributed by atoms with E-state index in [1.54, 1.807) is 14.2 Å². The third-order valence-corrected chi connectivity index (χ3v) is 3.18. The van der Waals surface area contributed by atoms with Crippen LogP contribution in [0.5, 0.6) is 11.5 Å². The first-order chi connectivity index (χ1) is 8.26. The highest BCUT2D eigenvalue weighted by atomic mass is 16.5. The van der Waals surface area contributed by atoms with Crippen LogP contribution in [0.4, 0.5) is 5.69 Å². The SMILES string of the molecule is COc1cccc(OC)c1N1CCCC(N)C1. The molecule has 1 aromatic rings. The lowest BCUT2D eigenvalue weighted by atomic mass is 10.1. The van der Waals surface area contributed by atoms with E-state index in [1.165, 1.54) is 0 Å². The van der Waals surface area contributed by atoms with Gasteiger partial charge in [-0.2, -0.15) is 0 Å². The summed E-state index contributed by atoms with van der Waals surface area (Å²) >= 11 is 0. The van der Waals surface area contributed by atoms with Gasteiger partial charge in [0.05, 0.1) is 14.2 Å². The minimum absolute atomic E-state index is 0.235. The van der Waals surface area contributed by atoms with E-state index >= 15 is 0 Å². The summed E-state index contributed by atoms with van der Waals surface area (Å²) < 4.78 is 10.8. The molecule has 1 saturated heterocycles. The molecule has 2 rings (SSSR count). The van der Waals surface area contributed by atoms with Gasteiger partial charge < -0.3 is 20.1 Å². The summed E-state index contributed by atoms with van der Waals surface area (Å²) in [6.07, 6.45) is 2.20. The van der Waals surface area contributed by atoms with E-state index < -0.39 is 0 Å². The van der Waals surface area contributed by atoms with Gasteiger partial charge in [-0.05, 0) is 25.0 Å². The van der Waals surface area contributed by atoms with Crippen LogP contribution in [0.3, 0.4) is 0 Å². The van der Waals surface area contributed by atoms with Crippen LogP contribution in [0.25, 0.3) is 0 Å². The molecule has 1 aliphatic rings. The van der Waals surface area contributed by atoms with Gasteiger partial charge in [0.1, 0.15) is 17.2 Å². The van der Waals surface area contributed by atoms with Gasteiger partial charge in [-0.1, -0.05) is 6.07 Å². The Bertz CT molecular complexity index is 359. The molecule has 17 heavy (non-hydrogen) atoms. The van der Waals surface area contributed by atoms with Crippen molar-refractivity contribution in [2.24, 2.45) is 5.73 Å². The number of anilines is 1. The van der Waals surface area contributed by atoms with Crippen LogP contribution >= 0.6 is 0 Å². The van der Waals surface area contributed by atoms with E-state index in [4.69, 9.17) is 15.2 Å². The first-order valence-electron chi connectivity index (χ1n) is 5.97. The third-order valence-electron chi connectivity index (χ3n) is 3.18. The van der Waals surface area contributed by atoms with Gasteiger partial charge in [0.15, 0.2) is 0 Å². The number of nitrogens with two attached hydrogens (primary N) is 1. The summed E-state index contributed by atoms with van der Waals surface area (Å²) in [6, 6.07) is 6.08. The Morgan fingerprint density at radius 2 is 1.88 bits per heavy atom. The summed E-state index contributed by atoms with van der Waals surface area (Å²) in [4.78, 5) is 2.26. The van der Waals surface area contributed by atoms with Gasteiger partial charge in [0.25, 0.3) is 0 Å². The molecule has 1 atom stereocenters. The molecule has 1 unspecified atom stereocenters. The number of ether oxygens (including phenoxy) is 2. The predicted octanol–water partition coefficient (Wildman–Crippen LogP) is 1.63. The van der Waals surface area contributed by atoms with Gasteiger partial charge in [0, 0.05) is 19.1 Å². The fourth-order valence-corrected chi connectivity index (χ4v) is 2.36. The smallest absolute Gasteiger partial charge is 0.145 e. The minimum atomic E-state index is 0.235. The highest BCUT2D eigenvalue weighted by Gasteiger charge is 2.22. The van der Waals surface area contributed by atoms with Gasteiger partial charge in [-0.25, -0.2) is 0 Å². The minimum Gasteiger partial charge on any atom is -0.494 e. The fourth-order valence-electron chi connectivity index (χ4n) is 2.36. The number of hydrogen-bond acceptors (Lipinski definition) is 4. The van der Waals surface area contributed by atoms with Crippen molar-refractivity contribution < 1.29 is 9.47 Å². The highest BCUT2D eigenvalue weighted by Crippen LogP contribution is 2.38. The van der Waals surface area contributed by atoms with Gasteiger partial charge >= 0.3 is 0 Å². The number of hydrogen-bond donors (Lipinski definition) is 1. The molecule has 2 N–H and O–H groups in total. The maximum absolute atomic E-state index is 6.02. The maximum Gasteiger partial charge on any atom is 0.145 e. The molecular formula is C13H20N2O2. The number of nitrogens with zero attached hydrogens (tertiary/aromatic N) is 1. The first-order valence-corrected chi connectivity index (χ1v) is 5.97. The summed E-state index contributed by atoms with van der Waals surface area (Å²) in [7, 11) is 3.37. The molecule has 1 aliphatic heterocycles. The number of para-hydroxylation sites is 1. The van der Waals surface area contributed by atoms with Crippen LogP contribution in [0.15, 0.2) is 18.2 Å². The number of piperidine rings is 1. The quantitative estimate of drug-likeness (QED) is 0.866. The average Bonchev–Trinajstić information content (AvgIpc) is 2.37. The highest BCUT2D eigenvalue weighted by molar-refractivity contribution is 5.68. The molecule has 1 aromatic carbocycles. The second-order valence-corrected chi connectivity index (χ2v) is 4.36. The lowest BCUT2D eigenvalue weighted by Crippen LogP contribution is -2.43. The van der Waals surface area contributed by atoms with Crippen molar-refractivity contribution in [1.82, 2.24) is 0 Å². The molecule has 0 aliphatic carbocycles.